The van der Waals surface area contributed by atoms with E-state index < -0.39 is 17.5 Å². The highest BCUT2D eigenvalue weighted by atomic mass is 19.1. The van der Waals surface area contributed by atoms with Crippen molar-refractivity contribution in [3.63, 3.8) is 0 Å². The van der Waals surface area contributed by atoms with Gasteiger partial charge >= 0.3 is 0 Å². The third-order valence-corrected chi connectivity index (χ3v) is 4.93. The zero-order valence-electron chi connectivity index (χ0n) is 15.4. The Bertz CT molecular complexity index is 835. The number of anilines is 2. The molecule has 1 amide bonds. The second-order valence-corrected chi connectivity index (χ2v) is 7.04. The molecule has 8 heteroatoms. The van der Waals surface area contributed by atoms with E-state index in [1.807, 2.05) is 25.1 Å². The molecule has 1 heterocycles. The second kappa shape index (κ2) is 7.85. The summed E-state index contributed by atoms with van der Waals surface area (Å²) in [6, 6.07) is 3.81. The number of carbonyl (C=O) groups is 1. The number of hydrogen-bond donors (Lipinski definition) is 2. The molecule has 144 valence electrons. The number of carbonyl (C=O) groups excluding carboxylic acids is 1. The lowest BCUT2D eigenvalue weighted by Gasteiger charge is -2.30. The number of hydrogen-bond acceptors (Lipinski definition) is 5. The lowest BCUT2D eigenvalue weighted by atomic mass is 9.79. The van der Waals surface area contributed by atoms with Gasteiger partial charge < -0.3 is 16.0 Å². The largest absolute Gasteiger partial charge is 0.366 e. The summed E-state index contributed by atoms with van der Waals surface area (Å²) in [5.74, 6) is -1.12. The van der Waals surface area contributed by atoms with Crippen LogP contribution in [0.25, 0.3) is 0 Å². The minimum atomic E-state index is -0.808. The molecule has 27 heavy (non-hydrogen) atoms. The number of nitrogens with one attached hydrogen (secondary N) is 1. The molecule has 2 aromatic rings. The van der Waals surface area contributed by atoms with Crippen molar-refractivity contribution in [2.45, 2.75) is 37.6 Å². The smallest absolute Gasteiger partial charge is 0.249 e. The number of aromatic nitrogens is 2. The number of benzene rings is 1. The van der Waals surface area contributed by atoms with E-state index in [2.05, 4.69) is 15.3 Å². The van der Waals surface area contributed by atoms with Gasteiger partial charge in [-0.15, -0.1) is 0 Å². The minimum absolute atomic E-state index is 0.0640. The van der Waals surface area contributed by atoms with Crippen LogP contribution in [0.4, 0.5) is 20.5 Å². The first kappa shape index (κ1) is 19.0. The van der Waals surface area contributed by atoms with Crippen LogP contribution in [0.2, 0.25) is 0 Å². The summed E-state index contributed by atoms with van der Waals surface area (Å²) < 4.78 is 27.8. The Kier molecular flexibility index (Phi) is 5.53. The first-order valence-corrected chi connectivity index (χ1v) is 8.90. The zero-order chi connectivity index (χ0) is 19.6. The first-order valence-electron chi connectivity index (χ1n) is 8.90. The molecule has 1 saturated carbocycles. The number of nitrogens with zero attached hydrogens (tertiary/aromatic N) is 3. The van der Waals surface area contributed by atoms with E-state index in [1.54, 1.807) is 6.20 Å². The normalized spacial score (nSPS) is 19.6. The predicted molar refractivity (Wildman–Crippen MR) is 99.9 cm³/mol. The number of nitrogens with two attached hydrogens (primary N) is 1. The van der Waals surface area contributed by atoms with Gasteiger partial charge in [-0.1, -0.05) is 0 Å². The van der Waals surface area contributed by atoms with Crippen molar-refractivity contribution in [1.29, 1.82) is 0 Å². The van der Waals surface area contributed by atoms with Crippen LogP contribution in [0, 0.1) is 11.6 Å². The van der Waals surface area contributed by atoms with Crippen LogP contribution >= 0.6 is 0 Å². The van der Waals surface area contributed by atoms with Crippen molar-refractivity contribution in [2.75, 3.05) is 24.3 Å². The van der Waals surface area contributed by atoms with Crippen LogP contribution in [0.5, 0.6) is 0 Å². The molecule has 0 saturated heterocycles. The van der Waals surface area contributed by atoms with E-state index in [0.717, 1.165) is 30.8 Å². The molecule has 3 rings (SSSR count). The maximum absolute atomic E-state index is 14.3. The van der Waals surface area contributed by atoms with Gasteiger partial charge in [0.05, 0.1) is 0 Å². The Morgan fingerprint density at radius 2 is 1.93 bits per heavy atom. The molecule has 0 atom stereocenters. The average Bonchev–Trinajstić information content (AvgIpc) is 2.62. The van der Waals surface area contributed by atoms with Crippen LogP contribution in [0.3, 0.4) is 0 Å². The summed E-state index contributed by atoms with van der Waals surface area (Å²) in [6.07, 6.45) is 4.54. The van der Waals surface area contributed by atoms with Crippen LogP contribution < -0.4 is 16.0 Å². The fraction of sp³-hybridized carbons (Fsp3) is 0.421. The van der Waals surface area contributed by atoms with E-state index >= 15 is 0 Å². The molecule has 1 aliphatic rings. The van der Waals surface area contributed by atoms with E-state index in [-0.39, 0.29) is 23.1 Å². The molecule has 6 nitrogen and oxygen atoms in total. The van der Waals surface area contributed by atoms with Crippen LogP contribution in [0.1, 0.15) is 47.5 Å². The van der Waals surface area contributed by atoms with Gasteiger partial charge in [-0.25, -0.2) is 13.8 Å². The average molecular weight is 375 g/mol. The minimum Gasteiger partial charge on any atom is -0.366 e. The maximum Gasteiger partial charge on any atom is 0.249 e. The van der Waals surface area contributed by atoms with Gasteiger partial charge in [-0.3, -0.25) is 4.79 Å². The van der Waals surface area contributed by atoms with Gasteiger partial charge in [0, 0.05) is 43.5 Å². The van der Waals surface area contributed by atoms with Gasteiger partial charge in [0.1, 0.15) is 17.5 Å². The molecule has 0 unspecified atom stereocenters. The molecule has 0 radical (unpaired) electrons. The highest BCUT2D eigenvalue weighted by Crippen LogP contribution is 2.37. The summed E-state index contributed by atoms with van der Waals surface area (Å²) in [7, 11) is 3.82. The topological polar surface area (TPSA) is 84.1 Å². The third-order valence-electron chi connectivity index (χ3n) is 4.93. The summed E-state index contributed by atoms with van der Waals surface area (Å²) in [6.45, 7) is 0. The van der Waals surface area contributed by atoms with Crippen molar-refractivity contribution in [1.82, 2.24) is 9.97 Å². The third kappa shape index (κ3) is 4.32. The van der Waals surface area contributed by atoms with Crippen molar-refractivity contribution >= 4 is 17.7 Å². The summed E-state index contributed by atoms with van der Waals surface area (Å²) in [4.78, 5) is 22.2. The summed E-state index contributed by atoms with van der Waals surface area (Å²) in [5, 5.41) is 3.31. The van der Waals surface area contributed by atoms with Crippen LogP contribution in [0.15, 0.2) is 24.4 Å². The molecule has 0 aliphatic heterocycles. The van der Waals surface area contributed by atoms with Gasteiger partial charge in [-0.2, -0.15) is 4.98 Å². The standard InChI is InChI=1S/C19H23F2N5O/c1-26(2)16-7-8-23-19(25-16)24-13-5-3-11(4-6-13)17-14(18(22)27)9-12(20)10-15(17)21/h7-11,13H,3-6H2,1-2H3,(H2,22,27)(H,23,24,25). The zero-order valence-corrected chi connectivity index (χ0v) is 15.4. The van der Waals surface area contributed by atoms with E-state index in [1.165, 1.54) is 0 Å². The molecule has 0 spiro atoms. The van der Waals surface area contributed by atoms with E-state index in [0.29, 0.717) is 18.8 Å². The number of rotatable bonds is 5. The van der Waals surface area contributed by atoms with Gasteiger partial charge in [0.2, 0.25) is 11.9 Å². The van der Waals surface area contributed by atoms with Gasteiger partial charge in [0.15, 0.2) is 0 Å². The van der Waals surface area contributed by atoms with Gasteiger partial charge in [0.25, 0.3) is 0 Å². The predicted octanol–water partition coefficient (Wildman–Crippen LogP) is 3.06. The number of amides is 1. The molecule has 0 bridgehead atoms. The van der Waals surface area contributed by atoms with Crippen molar-refractivity contribution in [2.24, 2.45) is 5.73 Å². The lowest BCUT2D eigenvalue weighted by molar-refractivity contribution is 0.0997. The van der Waals surface area contributed by atoms with Crippen molar-refractivity contribution in [3.8, 4) is 0 Å². The Balaban J connectivity index is 1.69. The molecule has 1 aromatic heterocycles. The number of halogens is 2. The molecular weight excluding hydrogens is 352 g/mol. The molecule has 1 aromatic carbocycles. The van der Waals surface area contributed by atoms with Crippen LogP contribution in [-0.4, -0.2) is 36.0 Å². The van der Waals surface area contributed by atoms with Crippen molar-refractivity contribution in [3.05, 3.63) is 47.2 Å². The molecule has 1 aliphatic carbocycles. The summed E-state index contributed by atoms with van der Waals surface area (Å²) in [5.41, 5.74) is 5.49. The Labute approximate surface area is 156 Å². The molecule has 3 N–H and O–H groups in total. The molecule has 1 fully saturated rings. The quantitative estimate of drug-likeness (QED) is 0.839. The summed E-state index contributed by atoms with van der Waals surface area (Å²) >= 11 is 0. The Hall–Kier alpha value is -2.77. The molecular formula is C19H23F2N5O. The monoisotopic (exact) mass is 375 g/mol. The number of primary amides is 1. The first-order chi connectivity index (χ1) is 12.8. The fourth-order valence-electron chi connectivity index (χ4n) is 3.58. The highest BCUT2D eigenvalue weighted by molar-refractivity contribution is 5.94. The maximum atomic E-state index is 14.3. The second-order valence-electron chi connectivity index (χ2n) is 7.04. The van der Waals surface area contributed by atoms with E-state index in [9.17, 15) is 13.6 Å². The lowest BCUT2D eigenvalue weighted by Crippen LogP contribution is -2.28. The fourth-order valence-corrected chi connectivity index (χ4v) is 3.58. The SMILES string of the molecule is CN(C)c1ccnc(NC2CCC(c3c(F)cc(F)cc3C(N)=O)CC2)n1. The highest BCUT2D eigenvalue weighted by Gasteiger charge is 2.28. The Morgan fingerprint density at radius 3 is 2.56 bits per heavy atom. The van der Waals surface area contributed by atoms with Crippen LogP contribution in [-0.2, 0) is 0 Å². The Morgan fingerprint density at radius 1 is 1.22 bits per heavy atom. The van der Waals surface area contributed by atoms with E-state index in [4.69, 9.17) is 5.73 Å². The van der Waals surface area contributed by atoms with Crippen molar-refractivity contribution < 1.29 is 13.6 Å². The van der Waals surface area contributed by atoms with Gasteiger partial charge in [-0.05, 0) is 43.7 Å².